The summed E-state index contributed by atoms with van der Waals surface area (Å²) in [6.45, 7) is 2.86. The first-order valence-corrected chi connectivity index (χ1v) is 8.87. The Morgan fingerprint density at radius 3 is 2.81 bits per heavy atom. The van der Waals surface area contributed by atoms with Crippen LogP contribution in [0.5, 0.6) is 0 Å². The summed E-state index contributed by atoms with van der Waals surface area (Å²) >= 11 is 0. The van der Waals surface area contributed by atoms with Gasteiger partial charge in [-0.1, -0.05) is 6.07 Å². The van der Waals surface area contributed by atoms with Gasteiger partial charge in [-0.25, -0.2) is 0 Å². The highest BCUT2D eigenvalue weighted by Crippen LogP contribution is 2.19. The standard InChI is InChI=1S/C19H23N5O3/c1-13-3-4-14(19(27)24-10-9-20-18(26)12-24)11-16(13)22-17(25)6-5-15-7-8-21-23(15)2/h3-4,7-8,11H,5-6,9-10,12H2,1-2H3,(H,20,26)(H,22,25). The Hall–Kier alpha value is -3.16. The highest BCUT2D eigenvalue weighted by Gasteiger charge is 2.22. The Morgan fingerprint density at radius 2 is 2.11 bits per heavy atom. The van der Waals surface area contributed by atoms with Crippen molar-refractivity contribution in [3.63, 3.8) is 0 Å². The van der Waals surface area contributed by atoms with Crippen LogP contribution in [0, 0.1) is 6.92 Å². The molecule has 1 aromatic heterocycles. The normalized spacial score (nSPS) is 14.0. The van der Waals surface area contributed by atoms with Gasteiger partial charge >= 0.3 is 0 Å². The average molecular weight is 369 g/mol. The molecule has 1 aliphatic rings. The molecule has 0 bridgehead atoms. The molecule has 2 aromatic rings. The number of anilines is 1. The maximum Gasteiger partial charge on any atom is 0.254 e. The second-order valence-electron chi connectivity index (χ2n) is 6.60. The van der Waals surface area contributed by atoms with Gasteiger partial charge in [-0.15, -0.1) is 0 Å². The fraction of sp³-hybridized carbons (Fsp3) is 0.368. The van der Waals surface area contributed by atoms with Crippen LogP contribution in [-0.4, -0.2) is 52.0 Å². The lowest BCUT2D eigenvalue weighted by atomic mass is 10.1. The predicted molar refractivity (Wildman–Crippen MR) is 100 cm³/mol. The van der Waals surface area contributed by atoms with E-state index in [1.807, 2.05) is 20.0 Å². The van der Waals surface area contributed by atoms with Crippen LogP contribution in [0.2, 0.25) is 0 Å². The highest BCUT2D eigenvalue weighted by molar-refractivity contribution is 5.99. The number of hydrogen-bond acceptors (Lipinski definition) is 4. The quantitative estimate of drug-likeness (QED) is 0.817. The summed E-state index contributed by atoms with van der Waals surface area (Å²) in [5.41, 5.74) is 2.92. The Morgan fingerprint density at radius 1 is 1.30 bits per heavy atom. The first-order chi connectivity index (χ1) is 12.9. The number of benzene rings is 1. The molecule has 0 spiro atoms. The van der Waals surface area contributed by atoms with E-state index in [-0.39, 0.29) is 24.3 Å². The Balaban J connectivity index is 1.66. The molecule has 3 amide bonds. The van der Waals surface area contributed by atoms with Crippen LogP contribution in [0.1, 0.15) is 28.0 Å². The fourth-order valence-corrected chi connectivity index (χ4v) is 2.99. The molecule has 0 aliphatic carbocycles. The van der Waals surface area contributed by atoms with E-state index >= 15 is 0 Å². The third-order valence-electron chi connectivity index (χ3n) is 4.61. The molecule has 1 aromatic carbocycles. The van der Waals surface area contributed by atoms with Crippen molar-refractivity contribution in [3.8, 4) is 0 Å². The zero-order valence-electron chi connectivity index (χ0n) is 15.5. The Labute approximate surface area is 157 Å². The number of aromatic nitrogens is 2. The number of rotatable bonds is 5. The lowest BCUT2D eigenvalue weighted by Gasteiger charge is -2.27. The molecule has 0 atom stereocenters. The molecule has 2 N–H and O–H groups in total. The summed E-state index contributed by atoms with van der Waals surface area (Å²) in [5, 5.41) is 9.67. The molecule has 27 heavy (non-hydrogen) atoms. The van der Waals surface area contributed by atoms with Crippen LogP contribution < -0.4 is 10.6 Å². The third kappa shape index (κ3) is 4.52. The monoisotopic (exact) mass is 369 g/mol. The van der Waals surface area contributed by atoms with Crippen molar-refractivity contribution in [1.82, 2.24) is 20.0 Å². The van der Waals surface area contributed by atoms with Gasteiger partial charge in [-0.2, -0.15) is 5.10 Å². The summed E-state index contributed by atoms with van der Waals surface area (Å²) in [4.78, 5) is 38.0. The average Bonchev–Trinajstić information content (AvgIpc) is 3.06. The maximum atomic E-state index is 12.6. The zero-order chi connectivity index (χ0) is 19.4. The summed E-state index contributed by atoms with van der Waals surface area (Å²) in [6.07, 6.45) is 2.61. The Bertz CT molecular complexity index is 874. The molecule has 1 saturated heterocycles. The molecule has 0 unspecified atom stereocenters. The molecule has 3 rings (SSSR count). The van der Waals surface area contributed by atoms with Gasteiger partial charge in [0.1, 0.15) is 0 Å². The number of carbonyl (C=O) groups is 3. The molecule has 1 fully saturated rings. The highest BCUT2D eigenvalue weighted by atomic mass is 16.2. The van der Waals surface area contributed by atoms with E-state index in [4.69, 9.17) is 0 Å². The lowest BCUT2D eigenvalue weighted by Crippen LogP contribution is -2.49. The van der Waals surface area contributed by atoms with Crippen LogP contribution in [0.15, 0.2) is 30.5 Å². The lowest BCUT2D eigenvalue weighted by molar-refractivity contribution is -0.123. The minimum absolute atomic E-state index is 0.0547. The fourth-order valence-electron chi connectivity index (χ4n) is 2.99. The van der Waals surface area contributed by atoms with Crippen LogP contribution in [-0.2, 0) is 23.1 Å². The van der Waals surface area contributed by atoms with E-state index in [1.165, 1.54) is 4.90 Å². The first kappa shape index (κ1) is 18.6. The molecule has 0 radical (unpaired) electrons. The van der Waals surface area contributed by atoms with Crippen LogP contribution in [0.25, 0.3) is 0 Å². The molecule has 142 valence electrons. The van der Waals surface area contributed by atoms with Crippen molar-refractivity contribution < 1.29 is 14.4 Å². The van der Waals surface area contributed by atoms with Gasteiger partial charge in [-0.3, -0.25) is 19.1 Å². The van der Waals surface area contributed by atoms with Crippen molar-refractivity contribution >= 4 is 23.4 Å². The summed E-state index contributed by atoms with van der Waals surface area (Å²) in [7, 11) is 1.84. The number of nitrogens with one attached hydrogen (secondary N) is 2. The van der Waals surface area contributed by atoms with Gasteiger partial charge in [0.05, 0.1) is 6.54 Å². The molecular formula is C19H23N5O3. The minimum atomic E-state index is -0.213. The van der Waals surface area contributed by atoms with Gasteiger partial charge in [0.15, 0.2) is 0 Å². The largest absolute Gasteiger partial charge is 0.353 e. The minimum Gasteiger partial charge on any atom is -0.353 e. The summed E-state index contributed by atoms with van der Waals surface area (Å²) in [5.74, 6) is -0.498. The van der Waals surface area contributed by atoms with Crippen molar-refractivity contribution in [2.45, 2.75) is 19.8 Å². The zero-order valence-corrected chi connectivity index (χ0v) is 15.5. The topological polar surface area (TPSA) is 96.3 Å². The number of hydrogen-bond donors (Lipinski definition) is 2. The molecule has 1 aliphatic heterocycles. The van der Waals surface area contributed by atoms with Crippen LogP contribution in [0.3, 0.4) is 0 Å². The summed E-state index contributed by atoms with van der Waals surface area (Å²) in [6, 6.07) is 7.07. The van der Waals surface area contributed by atoms with Gasteiger partial charge in [0.25, 0.3) is 5.91 Å². The summed E-state index contributed by atoms with van der Waals surface area (Å²) < 4.78 is 1.74. The van der Waals surface area contributed by atoms with Crippen molar-refractivity contribution in [3.05, 3.63) is 47.3 Å². The first-order valence-electron chi connectivity index (χ1n) is 8.87. The molecule has 2 heterocycles. The molecule has 0 saturated carbocycles. The van der Waals surface area contributed by atoms with E-state index < -0.39 is 0 Å². The van der Waals surface area contributed by atoms with Crippen molar-refractivity contribution in [2.24, 2.45) is 7.05 Å². The third-order valence-corrected chi connectivity index (χ3v) is 4.61. The second kappa shape index (κ2) is 8.03. The number of aryl methyl sites for hydroxylation is 3. The Kier molecular flexibility index (Phi) is 5.54. The van der Waals surface area contributed by atoms with E-state index in [9.17, 15) is 14.4 Å². The van der Waals surface area contributed by atoms with Crippen molar-refractivity contribution in [2.75, 3.05) is 25.0 Å². The molecule has 8 heteroatoms. The molecular weight excluding hydrogens is 346 g/mol. The van der Waals surface area contributed by atoms with Gasteiger partial charge < -0.3 is 15.5 Å². The van der Waals surface area contributed by atoms with Crippen LogP contribution in [0.4, 0.5) is 5.69 Å². The van der Waals surface area contributed by atoms with Gasteiger partial charge in [0.2, 0.25) is 11.8 Å². The van der Waals surface area contributed by atoms with E-state index in [1.54, 1.807) is 29.1 Å². The predicted octanol–water partition coefficient (Wildman–Crippen LogP) is 0.872. The second-order valence-corrected chi connectivity index (χ2v) is 6.60. The van der Waals surface area contributed by atoms with E-state index in [0.717, 1.165) is 11.3 Å². The van der Waals surface area contributed by atoms with E-state index in [2.05, 4.69) is 15.7 Å². The van der Waals surface area contributed by atoms with E-state index in [0.29, 0.717) is 37.2 Å². The van der Waals surface area contributed by atoms with Crippen LogP contribution >= 0.6 is 0 Å². The maximum absolute atomic E-state index is 12.6. The van der Waals surface area contributed by atoms with Gasteiger partial charge in [-0.05, 0) is 37.1 Å². The number of piperazine rings is 1. The number of nitrogens with zero attached hydrogens (tertiary/aromatic N) is 3. The molecule has 8 nitrogen and oxygen atoms in total. The smallest absolute Gasteiger partial charge is 0.254 e. The van der Waals surface area contributed by atoms with Gasteiger partial charge in [0, 0.05) is 49.7 Å². The number of amides is 3. The SMILES string of the molecule is Cc1ccc(C(=O)N2CCNC(=O)C2)cc1NC(=O)CCc1ccnn1C. The number of carbonyl (C=O) groups excluding carboxylic acids is 3. The van der Waals surface area contributed by atoms with Crippen molar-refractivity contribution in [1.29, 1.82) is 0 Å².